The highest BCUT2D eigenvalue weighted by atomic mass is 35.5. The summed E-state index contributed by atoms with van der Waals surface area (Å²) >= 11 is 5.90. The second-order valence-corrected chi connectivity index (χ2v) is 4.26. The number of ether oxygens (including phenoxy) is 1. The van der Waals surface area contributed by atoms with Gasteiger partial charge >= 0.3 is 6.01 Å². The molecular weight excluding hydrogens is 268 g/mol. The summed E-state index contributed by atoms with van der Waals surface area (Å²) in [6.07, 6.45) is 0.845. The molecule has 0 saturated heterocycles. The van der Waals surface area contributed by atoms with Gasteiger partial charge in [0.15, 0.2) is 6.10 Å². The molecule has 19 heavy (non-hydrogen) atoms. The Bertz CT molecular complexity index is 585. The van der Waals surface area contributed by atoms with Crippen molar-refractivity contribution in [1.29, 1.82) is 0 Å². The lowest BCUT2D eigenvalue weighted by molar-refractivity contribution is -0.126. The highest BCUT2D eigenvalue weighted by molar-refractivity contribution is 6.30. The van der Waals surface area contributed by atoms with Crippen LogP contribution in [0.2, 0.25) is 5.02 Å². The SMILES string of the molecule is CNC(=O)C(C)Oc1ncn(-c2cccc(Cl)c2)n1. The number of rotatable bonds is 4. The van der Waals surface area contributed by atoms with E-state index in [1.807, 2.05) is 12.1 Å². The number of nitrogens with one attached hydrogen (secondary N) is 1. The highest BCUT2D eigenvalue weighted by Crippen LogP contribution is 2.15. The van der Waals surface area contributed by atoms with Gasteiger partial charge in [0, 0.05) is 12.1 Å². The third kappa shape index (κ3) is 3.23. The number of halogens is 1. The molecule has 1 atom stereocenters. The van der Waals surface area contributed by atoms with Crippen LogP contribution in [0.25, 0.3) is 5.69 Å². The quantitative estimate of drug-likeness (QED) is 0.920. The molecular formula is C12H13ClN4O2. The van der Waals surface area contributed by atoms with E-state index >= 15 is 0 Å². The predicted octanol–water partition coefficient (Wildman–Crippen LogP) is 1.43. The molecule has 1 heterocycles. The number of hydrogen-bond donors (Lipinski definition) is 1. The van der Waals surface area contributed by atoms with E-state index < -0.39 is 6.10 Å². The summed E-state index contributed by atoms with van der Waals surface area (Å²) in [7, 11) is 1.54. The van der Waals surface area contributed by atoms with E-state index in [0.717, 1.165) is 5.69 Å². The lowest BCUT2D eigenvalue weighted by Gasteiger charge is -2.09. The van der Waals surface area contributed by atoms with Crippen LogP contribution in [-0.4, -0.2) is 33.8 Å². The van der Waals surface area contributed by atoms with Gasteiger partial charge in [0.1, 0.15) is 6.33 Å². The third-order valence-corrected chi connectivity index (χ3v) is 2.68. The van der Waals surface area contributed by atoms with Crippen LogP contribution >= 0.6 is 11.6 Å². The molecule has 0 fully saturated rings. The van der Waals surface area contributed by atoms with E-state index in [-0.39, 0.29) is 11.9 Å². The summed E-state index contributed by atoms with van der Waals surface area (Å²) in [6.45, 7) is 1.62. The van der Waals surface area contributed by atoms with Crippen LogP contribution in [-0.2, 0) is 4.79 Å². The van der Waals surface area contributed by atoms with E-state index in [4.69, 9.17) is 16.3 Å². The Morgan fingerprint density at radius 1 is 1.53 bits per heavy atom. The van der Waals surface area contributed by atoms with Gasteiger partial charge in [0.25, 0.3) is 5.91 Å². The number of carbonyl (C=O) groups excluding carboxylic acids is 1. The van der Waals surface area contributed by atoms with Crippen LogP contribution in [0.1, 0.15) is 6.92 Å². The molecule has 1 amide bonds. The molecule has 0 aliphatic carbocycles. The molecule has 0 saturated carbocycles. The Morgan fingerprint density at radius 2 is 2.32 bits per heavy atom. The molecule has 0 bridgehead atoms. The minimum absolute atomic E-state index is 0.135. The molecule has 2 aromatic rings. The van der Waals surface area contributed by atoms with Gasteiger partial charge in [-0.15, -0.1) is 5.10 Å². The van der Waals surface area contributed by atoms with Gasteiger partial charge in [-0.2, -0.15) is 4.98 Å². The summed E-state index contributed by atoms with van der Waals surface area (Å²) in [6, 6.07) is 7.31. The topological polar surface area (TPSA) is 69.0 Å². The predicted molar refractivity (Wildman–Crippen MR) is 70.5 cm³/mol. The van der Waals surface area contributed by atoms with Crippen molar-refractivity contribution in [3.05, 3.63) is 35.6 Å². The van der Waals surface area contributed by atoms with Crippen LogP contribution in [0.4, 0.5) is 0 Å². The van der Waals surface area contributed by atoms with Crippen molar-refractivity contribution in [2.75, 3.05) is 7.05 Å². The average Bonchev–Trinajstić information content (AvgIpc) is 2.86. The van der Waals surface area contributed by atoms with Crippen LogP contribution in [0, 0.1) is 0 Å². The largest absolute Gasteiger partial charge is 0.449 e. The molecule has 1 unspecified atom stereocenters. The highest BCUT2D eigenvalue weighted by Gasteiger charge is 2.15. The zero-order valence-electron chi connectivity index (χ0n) is 10.5. The van der Waals surface area contributed by atoms with Gasteiger partial charge in [-0.25, -0.2) is 4.68 Å². The molecule has 0 aliphatic rings. The van der Waals surface area contributed by atoms with Crippen molar-refractivity contribution >= 4 is 17.5 Å². The first-order valence-corrected chi connectivity index (χ1v) is 6.04. The van der Waals surface area contributed by atoms with Gasteiger partial charge in [-0.3, -0.25) is 4.79 Å². The van der Waals surface area contributed by atoms with Crippen molar-refractivity contribution in [2.45, 2.75) is 13.0 Å². The molecule has 1 aromatic heterocycles. The molecule has 0 spiro atoms. The Hall–Kier alpha value is -2.08. The number of likely N-dealkylation sites (N-methyl/N-ethyl adjacent to an activating group) is 1. The number of nitrogens with zero attached hydrogens (tertiary/aromatic N) is 3. The molecule has 0 aliphatic heterocycles. The Labute approximate surface area is 115 Å². The van der Waals surface area contributed by atoms with Crippen molar-refractivity contribution in [1.82, 2.24) is 20.1 Å². The molecule has 100 valence electrons. The van der Waals surface area contributed by atoms with Crippen molar-refractivity contribution in [2.24, 2.45) is 0 Å². The molecule has 6 nitrogen and oxygen atoms in total. The minimum atomic E-state index is -0.653. The zero-order valence-corrected chi connectivity index (χ0v) is 11.3. The fourth-order valence-electron chi connectivity index (χ4n) is 1.46. The van der Waals surface area contributed by atoms with Crippen LogP contribution in [0.5, 0.6) is 6.01 Å². The Morgan fingerprint density at radius 3 is 3.00 bits per heavy atom. The van der Waals surface area contributed by atoms with E-state index in [2.05, 4.69) is 15.4 Å². The zero-order chi connectivity index (χ0) is 13.8. The Balaban J connectivity index is 2.13. The number of hydrogen-bond acceptors (Lipinski definition) is 4. The van der Waals surface area contributed by atoms with E-state index in [9.17, 15) is 4.79 Å². The molecule has 1 N–H and O–H groups in total. The van der Waals surface area contributed by atoms with E-state index in [1.54, 1.807) is 26.1 Å². The number of amides is 1. The second-order valence-electron chi connectivity index (χ2n) is 3.83. The van der Waals surface area contributed by atoms with Gasteiger partial charge in [0.2, 0.25) is 0 Å². The van der Waals surface area contributed by atoms with Crippen molar-refractivity contribution < 1.29 is 9.53 Å². The second kappa shape index (κ2) is 5.71. The van der Waals surface area contributed by atoms with Gasteiger partial charge < -0.3 is 10.1 Å². The maximum atomic E-state index is 11.3. The van der Waals surface area contributed by atoms with Crippen LogP contribution in [0.3, 0.4) is 0 Å². The first-order valence-electron chi connectivity index (χ1n) is 5.66. The normalized spacial score (nSPS) is 11.9. The summed E-state index contributed by atoms with van der Waals surface area (Å²) in [4.78, 5) is 15.3. The van der Waals surface area contributed by atoms with Crippen LogP contribution < -0.4 is 10.1 Å². The molecule has 0 radical (unpaired) electrons. The lowest BCUT2D eigenvalue weighted by atomic mass is 10.3. The Kier molecular flexibility index (Phi) is 4.01. The van der Waals surface area contributed by atoms with Gasteiger partial charge in [-0.05, 0) is 25.1 Å². The smallest absolute Gasteiger partial charge is 0.336 e. The molecule has 2 rings (SSSR count). The molecule has 1 aromatic carbocycles. The molecule has 7 heteroatoms. The first-order chi connectivity index (χ1) is 9.10. The van der Waals surface area contributed by atoms with E-state index in [1.165, 1.54) is 11.0 Å². The lowest BCUT2D eigenvalue weighted by Crippen LogP contribution is -2.34. The average molecular weight is 281 g/mol. The first kappa shape index (κ1) is 13.4. The van der Waals surface area contributed by atoms with Crippen LogP contribution in [0.15, 0.2) is 30.6 Å². The van der Waals surface area contributed by atoms with E-state index in [0.29, 0.717) is 5.02 Å². The monoisotopic (exact) mass is 280 g/mol. The minimum Gasteiger partial charge on any atom is -0.449 e. The number of aromatic nitrogens is 3. The summed E-state index contributed by atoms with van der Waals surface area (Å²) in [5.41, 5.74) is 0.766. The summed E-state index contributed by atoms with van der Waals surface area (Å²) in [5, 5.41) is 7.22. The summed E-state index contributed by atoms with van der Waals surface area (Å²) in [5.74, 6) is -0.237. The standard InChI is InChI=1S/C12H13ClN4O2/c1-8(11(18)14-2)19-12-15-7-17(16-12)10-5-3-4-9(13)6-10/h3-8H,1-2H3,(H,14,18). The maximum absolute atomic E-state index is 11.3. The van der Waals surface area contributed by atoms with Gasteiger partial charge in [-0.1, -0.05) is 17.7 Å². The fourth-order valence-corrected chi connectivity index (χ4v) is 1.64. The third-order valence-electron chi connectivity index (χ3n) is 2.44. The fraction of sp³-hybridized carbons (Fsp3) is 0.250. The number of benzene rings is 1. The summed E-state index contributed by atoms with van der Waals surface area (Å²) < 4.78 is 6.84. The maximum Gasteiger partial charge on any atom is 0.336 e. The number of carbonyl (C=O) groups is 1. The van der Waals surface area contributed by atoms with Crippen molar-refractivity contribution in [3.8, 4) is 11.7 Å². The van der Waals surface area contributed by atoms with Crippen molar-refractivity contribution in [3.63, 3.8) is 0 Å². The van der Waals surface area contributed by atoms with Gasteiger partial charge in [0.05, 0.1) is 5.69 Å².